The summed E-state index contributed by atoms with van der Waals surface area (Å²) in [6, 6.07) is 21.8. The van der Waals surface area contributed by atoms with Gasteiger partial charge in [0, 0.05) is 43.0 Å². The average molecular weight is 539 g/mol. The average Bonchev–Trinajstić information content (AvgIpc) is 3.53. The Hall–Kier alpha value is -4.33. The minimum Gasteiger partial charge on any atom is -0.493 e. The van der Waals surface area contributed by atoms with E-state index in [4.69, 9.17) is 9.47 Å². The Morgan fingerprint density at radius 2 is 1.85 bits per heavy atom. The van der Waals surface area contributed by atoms with Gasteiger partial charge in [0.1, 0.15) is 0 Å². The molecule has 0 aliphatic carbocycles. The largest absolute Gasteiger partial charge is 0.493 e. The number of nitrogens with zero attached hydrogens (tertiary/aromatic N) is 3. The summed E-state index contributed by atoms with van der Waals surface area (Å²) in [5, 5.41) is 8.22. The van der Waals surface area contributed by atoms with Crippen molar-refractivity contribution in [1.29, 1.82) is 0 Å². The van der Waals surface area contributed by atoms with Crippen LogP contribution in [-0.4, -0.2) is 59.8 Å². The highest BCUT2D eigenvalue weighted by Crippen LogP contribution is 2.44. The molecule has 0 radical (unpaired) electrons. The molecule has 2 aliphatic rings. The first-order chi connectivity index (χ1) is 19.5. The summed E-state index contributed by atoms with van der Waals surface area (Å²) in [6.07, 6.45) is 2.99. The van der Waals surface area contributed by atoms with Crippen LogP contribution >= 0.6 is 0 Å². The zero-order valence-electron chi connectivity index (χ0n) is 22.9. The van der Waals surface area contributed by atoms with Gasteiger partial charge in [-0.05, 0) is 61.1 Å². The van der Waals surface area contributed by atoms with Gasteiger partial charge in [0.05, 0.1) is 19.2 Å². The van der Waals surface area contributed by atoms with Crippen LogP contribution in [0.2, 0.25) is 0 Å². The predicted octanol–water partition coefficient (Wildman–Crippen LogP) is 5.34. The number of benzene rings is 3. The van der Waals surface area contributed by atoms with Crippen LogP contribution in [0.15, 0.2) is 66.7 Å². The molecular formula is C32H34N4O4. The van der Waals surface area contributed by atoms with E-state index in [-0.39, 0.29) is 23.8 Å². The van der Waals surface area contributed by atoms with Gasteiger partial charge in [0.2, 0.25) is 5.91 Å². The van der Waals surface area contributed by atoms with Gasteiger partial charge in [-0.3, -0.25) is 14.7 Å². The van der Waals surface area contributed by atoms with E-state index in [0.29, 0.717) is 43.3 Å². The third kappa shape index (κ3) is 4.78. The summed E-state index contributed by atoms with van der Waals surface area (Å²) < 4.78 is 11.7. The molecule has 2 aliphatic heterocycles. The van der Waals surface area contributed by atoms with E-state index in [1.165, 1.54) is 0 Å². The summed E-state index contributed by atoms with van der Waals surface area (Å²) >= 11 is 0. The molecule has 6 rings (SSSR count). The molecule has 1 N–H and O–H groups in total. The second-order valence-corrected chi connectivity index (χ2v) is 10.6. The molecule has 3 aromatic carbocycles. The molecule has 8 nitrogen and oxygen atoms in total. The maximum atomic E-state index is 13.9. The Morgan fingerprint density at radius 1 is 1.02 bits per heavy atom. The number of ether oxygens (including phenoxy) is 2. The van der Waals surface area contributed by atoms with Crippen LogP contribution in [0.3, 0.4) is 0 Å². The molecule has 2 amide bonds. The van der Waals surface area contributed by atoms with Crippen molar-refractivity contribution in [3.05, 3.63) is 83.6 Å². The van der Waals surface area contributed by atoms with Crippen molar-refractivity contribution in [1.82, 2.24) is 15.1 Å². The zero-order chi connectivity index (χ0) is 27.6. The SMILES string of the molecule is COc1ccc2cc1OCCCCN(C(=O)c1n[nH]c3ccccc13)CC[C@@H]1c3ccccc3N(C(C)=O)[C@@H]1C2. The molecule has 0 unspecified atom stereocenters. The molecule has 40 heavy (non-hydrogen) atoms. The normalized spacial score (nSPS) is 19.4. The molecular weight excluding hydrogens is 504 g/mol. The lowest BCUT2D eigenvalue weighted by molar-refractivity contribution is -0.117. The topological polar surface area (TPSA) is 87.8 Å². The smallest absolute Gasteiger partial charge is 0.274 e. The second kappa shape index (κ2) is 11.0. The first-order valence-corrected chi connectivity index (χ1v) is 14.0. The van der Waals surface area contributed by atoms with Gasteiger partial charge in [-0.1, -0.05) is 42.5 Å². The van der Waals surface area contributed by atoms with Crippen molar-refractivity contribution in [2.24, 2.45) is 0 Å². The first kappa shape index (κ1) is 25.9. The minimum atomic E-state index is -0.0812. The molecule has 0 saturated carbocycles. The van der Waals surface area contributed by atoms with E-state index in [9.17, 15) is 9.59 Å². The number of aromatic amines is 1. The Balaban J connectivity index is 1.37. The van der Waals surface area contributed by atoms with Crippen molar-refractivity contribution >= 4 is 28.4 Å². The monoisotopic (exact) mass is 538 g/mol. The summed E-state index contributed by atoms with van der Waals surface area (Å²) in [7, 11) is 1.64. The van der Waals surface area contributed by atoms with Gasteiger partial charge in [-0.25, -0.2) is 0 Å². The molecule has 0 saturated heterocycles. The summed E-state index contributed by atoms with van der Waals surface area (Å²) in [6.45, 7) is 3.31. The maximum absolute atomic E-state index is 13.9. The van der Waals surface area contributed by atoms with Gasteiger partial charge in [0.25, 0.3) is 5.91 Å². The fourth-order valence-corrected chi connectivity index (χ4v) is 6.25. The number of carbonyl (C=O) groups is 2. The quantitative estimate of drug-likeness (QED) is 0.372. The lowest BCUT2D eigenvalue weighted by Gasteiger charge is -2.30. The number of carbonyl (C=O) groups excluding carboxylic acids is 2. The van der Waals surface area contributed by atoms with Crippen molar-refractivity contribution in [3.63, 3.8) is 0 Å². The van der Waals surface area contributed by atoms with Crippen molar-refractivity contribution < 1.29 is 19.1 Å². The van der Waals surface area contributed by atoms with E-state index in [0.717, 1.165) is 47.0 Å². The standard InChI is InChI=1S/C32H34N4O4/c1-21(37)36-27-12-6-4-9-23(27)24-15-17-35(32(38)31-25-10-3-5-11-26(25)33-34-31)16-7-8-18-40-30-20-22(19-28(24)36)13-14-29(30)39-2/h3-6,9-14,20,24,28H,7-8,15-19H2,1-2H3,(H,33,34)/t24-,28-/m1/s1. The summed E-state index contributed by atoms with van der Waals surface area (Å²) in [4.78, 5) is 30.7. The first-order valence-electron chi connectivity index (χ1n) is 14.0. The highest BCUT2D eigenvalue weighted by molar-refractivity contribution is 6.04. The summed E-state index contributed by atoms with van der Waals surface area (Å²) in [5.74, 6) is 1.40. The number of fused-ring (bicyclic) bond motifs is 6. The van der Waals surface area contributed by atoms with Gasteiger partial charge in [0.15, 0.2) is 17.2 Å². The van der Waals surface area contributed by atoms with Gasteiger partial charge >= 0.3 is 0 Å². The number of amides is 2. The maximum Gasteiger partial charge on any atom is 0.274 e. The van der Waals surface area contributed by atoms with Crippen molar-refractivity contribution in [2.45, 2.75) is 44.6 Å². The van der Waals surface area contributed by atoms with Gasteiger partial charge in [-0.15, -0.1) is 0 Å². The van der Waals surface area contributed by atoms with Crippen molar-refractivity contribution in [2.75, 3.05) is 31.7 Å². The van der Waals surface area contributed by atoms with Gasteiger partial charge < -0.3 is 19.3 Å². The molecule has 0 fully saturated rings. The molecule has 8 heteroatoms. The minimum absolute atomic E-state index is 0.0157. The van der Waals surface area contributed by atoms with Gasteiger partial charge in [-0.2, -0.15) is 5.10 Å². The Kier molecular flexibility index (Phi) is 7.15. The molecule has 2 bridgehead atoms. The van der Waals surface area contributed by atoms with Crippen LogP contribution in [0.4, 0.5) is 5.69 Å². The predicted molar refractivity (Wildman–Crippen MR) is 154 cm³/mol. The molecule has 4 aromatic rings. The Morgan fingerprint density at radius 3 is 2.70 bits per heavy atom. The number of nitrogens with one attached hydrogen (secondary N) is 1. The second-order valence-electron chi connectivity index (χ2n) is 10.6. The Labute approximate surface area is 233 Å². The molecule has 1 aromatic heterocycles. The van der Waals surface area contributed by atoms with Crippen LogP contribution < -0.4 is 14.4 Å². The van der Waals surface area contributed by atoms with Crippen LogP contribution in [0.5, 0.6) is 11.5 Å². The van der Waals surface area contributed by atoms with Crippen LogP contribution in [0.1, 0.15) is 53.7 Å². The van der Waals surface area contributed by atoms with E-state index in [1.54, 1.807) is 14.0 Å². The number of para-hydroxylation sites is 2. The number of rotatable bonds is 2. The number of hydrogen-bond donors (Lipinski definition) is 1. The highest BCUT2D eigenvalue weighted by Gasteiger charge is 2.40. The highest BCUT2D eigenvalue weighted by atomic mass is 16.5. The third-order valence-corrected chi connectivity index (χ3v) is 8.15. The molecule has 0 spiro atoms. The van der Waals surface area contributed by atoms with Crippen LogP contribution in [0, 0.1) is 0 Å². The van der Waals surface area contributed by atoms with E-state index in [2.05, 4.69) is 22.3 Å². The molecule has 2 atom stereocenters. The van der Waals surface area contributed by atoms with Crippen LogP contribution in [0.25, 0.3) is 10.9 Å². The number of anilines is 1. The lowest BCUT2D eigenvalue weighted by atomic mass is 9.87. The lowest BCUT2D eigenvalue weighted by Crippen LogP contribution is -2.41. The Bertz CT molecular complexity index is 1550. The zero-order valence-corrected chi connectivity index (χ0v) is 22.9. The van der Waals surface area contributed by atoms with E-state index in [1.807, 2.05) is 64.4 Å². The van der Waals surface area contributed by atoms with E-state index >= 15 is 0 Å². The number of aromatic nitrogens is 2. The molecule has 3 heterocycles. The molecule has 206 valence electrons. The number of hydrogen-bond acceptors (Lipinski definition) is 5. The van der Waals surface area contributed by atoms with Crippen molar-refractivity contribution in [3.8, 4) is 11.5 Å². The number of H-pyrrole nitrogens is 1. The third-order valence-electron chi connectivity index (χ3n) is 8.15. The number of methoxy groups -OCH3 is 1. The fraction of sp³-hybridized carbons (Fsp3) is 0.344. The summed E-state index contributed by atoms with van der Waals surface area (Å²) in [5.41, 5.74) is 4.48. The van der Waals surface area contributed by atoms with E-state index < -0.39 is 0 Å². The van der Waals surface area contributed by atoms with Crippen LogP contribution in [-0.2, 0) is 11.2 Å². The fourth-order valence-electron chi connectivity index (χ4n) is 6.25.